The van der Waals surface area contributed by atoms with E-state index in [9.17, 15) is 13.6 Å². The average Bonchev–Trinajstić information content (AvgIpc) is 2.60. The first-order valence-corrected chi connectivity index (χ1v) is 9.58. The van der Waals surface area contributed by atoms with Crippen LogP contribution < -0.4 is 0 Å². The summed E-state index contributed by atoms with van der Waals surface area (Å²) >= 11 is 0. The van der Waals surface area contributed by atoms with Gasteiger partial charge in [0.2, 0.25) is 0 Å². The molecule has 2 saturated carbocycles. The predicted octanol–water partition coefficient (Wildman–Crippen LogP) is 6.14. The number of carboxylic acids is 1. The first-order chi connectivity index (χ1) is 12.4. The summed E-state index contributed by atoms with van der Waals surface area (Å²) in [5.74, 6) is -0.00238. The van der Waals surface area contributed by atoms with Gasteiger partial charge in [0.05, 0.1) is 5.56 Å². The highest BCUT2D eigenvalue weighted by molar-refractivity contribution is 5.95. The second kappa shape index (κ2) is 6.64. The van der Waals surface area contributed by atoms with Gasteiger partial charge in [0.15, 0.2) is 0 Å². The van der Waals surface area contributed by atoms with Gasteiger partial charge in [0.1, 0.15) is 11.6 Å². The molecule has 138 valence electrons. The lowest BCUT2D eigenvalue weighted by atomic mass is 9.64. The van der Waals surface area contributed by atoms with Gasteiger partial charge < -0.3 is 5.11 Å². The van der Waals surface area contributed by atoms with Crippen LogP contribution in [-0.4, -0.2) is 11.1 Å². The van der Waals surface area contributed by atoms with Crippen LogP contribution in [0.3, 0.4) is 0 Å². The van der Waals surface area contributed by atoms with E-state index in [2.05, 4.69) is 6.92 Å². The van der Waals surface area contributed by atoms with Crippen LogP contribution in [0.15, 0.2) is 24.3 Å². The first-order valence-electron chi connectivity index (χ1n) is 9.58. The maximum atomic E-state index is 14.6. The van der Waals surface area contributed by atoms with Gasteiger partial charge in [-0.15, -0.1) is 0 Å². The highest BCUT2D eigenvalue weighted by atomic mass is 19.1. The smallest absolute Gasteiger partial charge is 0.338 e. The van der Waals surface area contributed by atoms with E-state index in [0.717, 1.165) is 48.3 Å². The van der Waals surface area contributed by atoms with Crippen LogP contribution in [0.4, 0.5) is 8.78 Å². The van der Waals surface area contributed by atoms with E-state index in [1.54, 1.807) is 0 Å². The Bertz CT molecular complexity index is 861. The molecule has 2 aliphatic carbocycles. The molecular weight excluding hydrogens is 334 g/mol. The zero-order chi connectivity index (χ0) is 18.4. The van der Waals surface area contributed by atoms with Gasteiger partial charge in [0.25, 0.3) is 0 Å². The normalized spacial score (nSPS) is 28.7. The molecule has 2 fully saturated rings. The molecule has 0 radical (unpaired) electrons. The minimum absolute atomic E-state index is 0.174. The van der Waals surface area contributed by atoms with Crippen molar-refractivity contribution < 1.29 is 18.7 Å². The molecule has 2 aliphatic rings. The molecule has 4 atom stereocenters. The van der Waals surface area contributed by atoms with Crippen LogP contribution in [0.1, 0.15) is 67.3 Å². The third-order valence-electron chi connectivity index (χ3n) is 6.59. The molecule has 0 bridgehead atoms. The fourth-order valence-corrected chi connectivity index (χ4v) is 5.19. The minimum Gasteiger partial charge on any atom is -0.478 e. The molecule has 0 heterocycles. The molecule has 0 saturated heterocycles. The number of halogens is 2. The summed E-state index contributed by atoms with van der Waals surface area (Å²) in [7, 11) is 0. The Morgan fingerprint density at radius 1 is 0.962 bits per heavy atom. The standard InChI is InChI=1S/C22H24F2O2/c1-12-2-3-14-7-15(5-4-13(14)6-12)16-8-17-10-21(24)19(22(25)26)11-18(17)20(23)9-16/h8-15H,2-7H2,1H3,(H,25,26). The van der Waals surface area contributed by atoms with E-state index < -0.39 is 23.2 Å². The van der Waals surface area contributed by atoms with Gasteiger partial charge in [0, 0.05) is 5.39 Å². The number of carboxylic acid groups (broad SMARTS) is 1. The fourth-order valence-electron chi connectivity index (χ4n) is 5.19. The molecule has 0 aliphatic heterocycles. The summed E-state index contributed by atoms with van der Waals surface area (Å²) in [6.07, 6.45) is 7.17. The molecule has 4 heteroatoms. The monoisotopic (exact) mass is 358 g/mol. The zero-order valence-electron chi connectivity index (χ0n) is 15.0. The summed E-state index contributed by atoms with van der Waals surface area (Å²) in [5, 5.41) is 9.66. The summed E-state index contributed by atoms with van der Waals surface area (Å²) in [6, 6.07) is 5.64. The molecule has 2 aromatic carbocycles. The first kappa shape index (κ1) is 17.4. The Hall–Kier alpha value is -1.97. The number of fused-ring (bicyclic) bond motifs is 2. The average molecular weight is 358 g/mol. The Morgan fingerprint density at radius 2 is 1.69 bits per heavy atom. The van der Waals surface area contributed by atoms with Gasteiger partial charge in [-0.05, 0) is 84.9 Å². The largest absolute Gasteiger partial charge is 0.478 e. The maximum Gasteiger partial charge on any atom is 0.338 e. The van der Waals surface area contributed by atoms with E-state index in [-0.39, 0.29) is 5.39 Å². The van der Waals surface area contributed by atoms with Crippen molar-refractivity contribution in [2.24, 2.45) is 17.8 Å². The number of aromatic carboxylic acids is 1. The molecule has 0 spiro atoms. The Morgan fingerprint density at radius 3 is 2.46 bits per heavy atom. The lowest BCUT2D eigenvalue weighted by Crippen LogP contribution is -2.29. The van der Waals surface area contributed by atoms with E-state index in [4.69, 9.17) is 5.11 Å². The predicted molar refractivity (Wildman–Crippen MR) is 97.4 cm³/mol. The lowest BCUT2D eigenvalue weighted by molar-refractivity contribution is 0.0692. The second-order valence-corrected chi connectivity index (χ2v) is 8.31. The third-order valence-corrected chi connectivity index (χ3v) is 6.59. The van der Waals surface area contributed by atoms with Crippen LogP contribution in [0.5, 0.6) is 0 Å². The topological polar surface area (TPSA) is 37.3 Å². The number of carbonyl (C=O) groups is 1. The van der Waals surface area contributed by atoms with Gasteiger partial charge in [-0.2, -0.15) is 0 Å². The van der Waals surface area contributed by atoms with Gasteiger partial charge in [-0.25, -0.2) is 13.6 Å². The fraction of sp³-hybridized carbons (Fsp3) is 0.500. The Kier molecular flexibility index (Phi) is 4.45. The van der Waals surface area contributed by atoms with Crippen molar-refractivity contribution in [1.29, 1.82) is 0 Å². The third kappa shape index (κ3) is 3.10. The van der Waals surface area contributed by atoms with E-state index >= 15 is 0 Å². The minimum atomic E-state index is -1.38. The summed E-state index contributed by atoms with van der Waals surface area (Å²) < 4.78 is 28.7. The SMILES string of the molecule is CC1CCC2CC(c3cc(F)c4cc(C(=O)O)c(F)cc4c3)CCC2C1. The van der Waals surface area contributed by atoms with Crippen molar-refractivity contribution in [2.45, 2.75) is 51.4 Å². The van der Waals surface area contributed by atoms with E-state index in [0.29, 0.717) is 11.3 Å². The van der Waals surface area contributed by atoms with Crippen molar-refractivity contribution in [3.63, 3.8) is 0 Å². The quantitative estimate of drug-likeness (QED) is 0.700. The van der Waals surface area contributed by atoms with Gasteiger partial charge in [-0.1, -0.05) is 19.4 Å². The zero-order valence-corrected chi connectivity index (χ0v) is 15.0. The summed E-state index contributed by atoms with van der Waals surface area (Å²) in [5.41, 5.74) is 0.440. The highest BCUT2D eigenvalue weighted by Gasteiger charge is 2.35. The molecule has 2 nitrogen and oxygen atoms in total. The van der Waals surface area contributed by atoms with Gasteiger partial charge >= 0.3 is 5.97 Å². The summed E-state index contributed by atoms with van der Waals surface area (Å²) in [4.78, 5) is 11.1. The molecule has 4 unspecified atom stereocenters. The van der Waals surface area contributed by atoms with Gasteiger partial charge in [-0.3, -0.25) is 0 Å². The van der Waals surface area contributed by atoms with Crippen LogP contribution in [0, 0.1) is 29.4 Å². The molecule has 26 heavy (non-hydrogen) atoms. The molecule has 2 aromatic rings. The van der Waals surface area contributed by atoms with Crippen molar-refractivity contribution in [3.8, 4) is 0 Å². The van der Waals surface area contributed by atoms with E-state index in [1.165, 1.54) is 31.7 Å². The van der Waals surface area contributed by atoms with E-state index in [1.807, 2.05) is 6.07 Å². The second-order valence-electron chi connectivity index (χ2n) is 8.31. The molecule has 0 aromatic heterocycles. The van der Waals surface area contributed by atoms with Crippen molar-refractivity contribution >= 4 is 16.7 Å². The molecule has 1 N–H and O–H groups in total. The van der Waals surface area contributed by atoms with Crippen molar-refractivity contribution in [3.05, 3.63) is 47.0 Å². The Balaban J connectivity index is 1.65. The number of hydrogen-bond acceptors (Lipinski definition) is 1. The van der Waals surface area contributed by atoms with Crippen LogP contribution in [0.25, 0.3) is 10.8 Å². The molecular formula is C22H24F2O2. The number of benzene rings is 2. The van der Waals surface area contributed by atoms with Crippen LogP contribution >= 0.6 is 0 Å². The molecule has 0 amide bonds. The summed E-state index contributed by atoms with van der Waals surface area (Å²) in [6.45, 7) is 2.33. The number of hydrogen-bond donors (Lipinski definition) is 1. The lowest BCUT2D eigenvalue weighted by Gasteiger charge is -2.41. The van der Waals surface area contributed by atoms with Crippen LogP contribution in [0.2, 0.25) is 0 Å². The number of rotatable bonds is 2. The van der Waals surface area contributed by atoms with Crippen molar-refractivity contribution in [2.75, 3.05) is 0 Å². The molecule has 4 rings (SSSR count). The Labute approximate surface area is 152 Å². The van der Waals surface area contributed by atoms with Crippen LogP contribution in [-0.2, 0) is 0 Å². The van der Waals surface area contributed by atoms with Crippen molar-refractivity contribution in [1.82, 2.24) is 0 Å². The maximum absolute atomic E-state index is 14.6. The highest BCUT2D eigenvalue weighted by Crippen LogP contribution is 2.47.